The van der Waals surface area contributed by atoms with Gasteiger partial charge in [-0.2, -0.15) is 0 Å². The van der Waals surface area contributed by atoms with Gasteiger partial charge in [0.25, 0.3) is 0 Å². The summed E-state index contributed by atoms with van der Waals surface area (Å²) in [5.41, 5.74) is 1.24. The molecule has 0 aliphatic carbocycles. The van der Waals surface area contributed by atoms with Gasteiger partial charge in [0.2, 0.25) is 0 Å². The molecule has 4 heteroatoms. The first kappa shape index (κ1) is 14.4. The third kappa shape index (κ3) is 3.59. The summed E-state index contributed by atoms with van der Waals surface area (Å²) in [5, 5.41) is 4.68. The highest BCUT2D eigenvalue weighted by atomic mass is 32.1. The van der Waals surface area contributed by atoms with Gasteiger partial charge >= 0.3 is 0 Å². The fourth-order valence-electron chi connectivity index (χ4n) is 2.16. The smallest absolute Gasteiger partial charge is 0.107 e. The summed E-state index contributed by atoms with van der Waals surface area (Å²) in [6.45, 7) is 5.17. The van der Waals surface area contributed by atoms with Gasteiger partial charge in [-0.25, -0.2) is 4.98 Å². The molecule has 0 fully saturated rings. The Morgan fingerprint density at radius 1 is 1.10 bits per heavy atom. The molecule has 0 unspecified atom stereocenters. The van der Waals surface area contributed by atoms with Crippen molar-refractivity contribution in [2.75, 3.05) is 0 Å². The predicted molar refractivity (Wildman–Crippen MR) is 91.9 cm³/mol. The Balaban J connectivity index is 1.63. The van der Waals surface area contributed by atoms with Crippen molar-refractivity contribution in [3.05, 3.63) is 63.4 Å². The lowest BCUT2D eigenvalue weighted by Gasteiger charge is -2.10. The zero-order valence-corrected chi connectivity index (χ0v) is 13.8. The molecule has 21 heavy (non-hydrogen) atoms. The van der Waals surface area contributed by atoms with Gasteiger partial charge in [0, 0.05) is 28.5 Å². The van der Waals surface area contributed by atoms with Gasteiger partial charge in [-0.3, -0.25) is 0 Å². The van der Waals surface area contributed by atoms with Crippen LogP contribution in [0.5, 0.6) is 0 Å². The van der Waals surface area contributed by atoms with E-state index in [2.05, 4.69) is 60.5 Å². The summed E-state index contributed by atoms with van der Waals surface area (Å²) in [5.74, 6) is 0. The van der Waals surface area contributed by atoms with E-state index < -0.39 is 0 Å². The van der Waals surface area contributed by atoms with E-state index >= 15 is 0 Å². The highest BCUT2D eigenvalue weighted by Crippen LogP contribution is 2.27. The lowest BCUT2D eigenvalue weighted by Crippen LogP contribution is -2.16. The van der Waals surface area contributed by atoms with Crippen LogP contribution < -0.4 is 5.32 Å². The SMILES string of the molecule is Cc1ccc([C@H](C)NCc2ncc(-c3ccccc3)s2)s1. The molecule has 2 heterocycles. The van der Waals surface area contributed by atoms with Gasteiger partial charge < -0.3 is 5.32 Å². The summed E-state index contributed by atoms with van der Waals surface area (Å²) in [7, 11) is 0. The predicted octanol–water partition coefficient (Wildman–Crippen LogP) is 5.03. The van der Waals surface area contributed by atoms with Gasteiger partial charge in [0.1, 0.15) is 5.01 Å². The van der Waals surface area contributed by atoms with E-state index in [9.17, 15) is 0 Å². The van der Waals surface area contributed by atoms with Gasteiger partial charge in [-0.15, -0.1) is 22.7 Å². The number of nitrogens with zero attached hydrogens (tertiary/aromatic N) is 1. The molecule has 108 valence electrons. The zero-order chi connectivity index (χ0) is 14.7. The van der Waals surface area contributed by atoms with E-state index in [1.807, 2.05) is 23.6 Å². The van der Waals surface area contributed by atoms with Crippen LogP contribution in [0, 0.1) is 6.92 Å². The number of benzene rings is 1. The van der Waals surface area contributed by atoms with Crippen LogP contribution in [0.4, 0.5) is 0 Å². The molecule has 0 aliphatic rings. The van der Waals surface area contributed by atoms with Crippen LogP contribution in [-0.2, 0) is 6.54 Å². The first-order valence-electron chi connectivity index (χ1n) is 7.02. The number of hydrogen-bond donors (Lipinski definition) is 1. The number of nitrogens with one attached hydrogen (secondary N) is 1. The molecule has 0 amide bonds. The van der Waals surface area contributed by atoms with Crippen molar-refractivity contribution in [1.82, 2.24) is 10.3 Å². The fraction of sp³-hybridized carbons (Fsp3) is 0.235. The largest absolute Gasteiger partial charge is 0.303 e. The van der Waals surface area contributed by atoms with Crippen molar-refractivity contribution in [2.24, 2.45) is 0 Å². The topological polar surface area (TPSA) is 24.9 Å². The average Bonchev–Trinajstić information content (AvgIpc) is 3.15. The molecule has 0 aliphatic heterocycles. The molecule has 0 saturated carbocycles. The molecule has 1 aromatic carbocycles. The molecule has 3 aromatic rings. The van der Waals surface area contributed by atoms with E-state index in [0.29, 0.717) is 6.04 Å². The Hall–Kier alpha value is -1.49. The number of thiazole rings is 1. The van der Waals surface area contributed by atoms with Gasteiger partial charge in [-0.1, -0.05) is 30.3 Å². The van der Waals surface area contributed by atoms with Crippen molar-refractivity contribution in [3.63, 3.8) is 0 Å². The summed E-state index contributed by atoms with van der Waals surface area (Å²) in [4.78, 5) is 8.49. The van der Waals surface area contributed by atoms with Crippen LogP contribution in [0.15, 0.2) is 48.7 Å². The maximum Gasteiger partial charge on any atom is 0.107 e. The lowest BCUT2D eigenvalue weighted by atomic mass is 10.2. The minimum atomic E-state index is 0.368. The van der Waals surface area contributed by atoms with Crippen molar-refractivity contribution in [1.29, 1.82) is 0 Å². The molecule has 1 atom stereocenters. The maximum absolute atomic E-state index is 4.52. The second kappa shape index (κ2) is 6.52. The quantitative estimate of drug-likeness (QED) is 0.714. The Labute approximate surface area is 133 Å². The van der Waals surface area contributed by atoms with Crippen molar-refractivity contribution in [2.45, 2.75) is 26.4 Å². The third-order valence-corrected chi connectivity index (χ3v) is 5.59. The molecule has 0 spiro atoms. The molecule has 0 saturated heterocycles. The van der Waals surface area contributed by atoms with E-state index in [-0.39, 0.29) is 0 Å². The molecular weight excluding hydrogens is 296 g/mol. The normalized spacial score (nSPS) is 12.5. The standard InChI is InChI=1S/C17H18N2S2/c1-12-8-9-15(20-12)13(2)18-11-17-19-10-16(21-17)14-6-4-3-5-7-14/h3-10,13,18H,11H2,1-2H3/t13-/m0/s1. The molecule has 3 rings (SSSR count). The summed E-state index contributed by atoms with van der Waals surface area (Å²) < 4.78 is 0. The second-order valence-electron chi connectivity index (χ2n) is 5.04. The molecular formula is C17H18N2S2. The van der Waals surface area contributed by atoms with E-state index in [1.54, 1.807) is 11.3 Å². The number of rotatable bonds is 5. The maximum atomic E-state index is 4.52. The minimum absolute atomic E-state index is 0.368. The van der Waals surface area contributed by atoms with Crippen LogP contribution in [-0.4, -0.2) is 4.98 Å². The Bertz CT molecular complexity index is 700. The monoisotopic (exact) mass is 314 g/mol. The van der Waals surface area contributed by atoms with Gasteiger partial charge in [0.05, 0.1) is 4.88 Å². The van der Waals surface area contributed by atoms with Crippen molar-refractivity contribution < 1.29 is 0 Å². The fourth-order valence-corrected chi connectivity index (χ4v) is 3.93. The van der Waals surface area contributed by atoms with Crippen LogP contribution >= 0.6 is 22.7 Å². The minimum Gasteiger partial charge on any atom is -0.303 e. The number of thiophene rings is 1. The molecule has 2 nitrogen and oxygen atoms in total. The average molecular weight is 314 g/mol. The Kier molecular flexibility index (Phi) is 4.48. The first-order valence-corrected chi connectivity index (χ1v) is 8.65. The lowest BCUT2D eigenvalue weighted by molar-refractivity contribution is 0.581. The van der Waals surface area contributed by atoms with Crippen LogP contribution in [0.2, 0.25) is 0 Å². The molecule has 1 N–H and O–H groups in total. The van der Waals surface area contributed by atoms with E-state index in [1.165, 1.54) is 20.2 Å². The summed E-state index contributed by atoms with van der Waals surface area (Å²) in [6, 6.07) is 15.2. The second-order valence-corrected chi connectivity index (χ2v) is 7.47. The number of aryl methyl sites for hydroxylation is 1. The van der Waals surface area contributed by atoms with Gasteiger partial charge in [0.15, 0.2) is 0 Å². The molecule has 0 radical (unpaired) electrons. The van der Waals surface area contributed by atoms with Crippen LogP contribution in [0.25, 0.3) is 10.4 Å². The van der Waals surface area contributed by atoms with Gasteiger partial charge in [-0.05, 0) is 31.5 Å². The summed E-state index contributed by atoms with van der Waals surface area (Å²) in [6.07, 6.45) is 1.97. The van der Waals surface area contributed by atoms with Crippen molar-refractivity contribution >= 4 is 22.7 Å². The Morgan fingerprint density at radius 3 is 2.62 bits per heavy atom. The summed E-state index contributed by atoms with van der Waals surface area (Å²) >= 11 is 3.61. The number of hydrogen-bond acceptors (Lipinski definition) is 4. The van der Waals surface area contributed by atoms with E-state index in [4.69, 9.17) is 0 Å². The highest BCUT2D eigenvalue weighted by molar-refractivity contribution is 7.15. The van der Waals surface area contributed by atoms with Crippen molar-refractivity contribution in [3.8, 4) is 10.4 Å². The third-order valence-electron chi connectivity index (χ3n) is 3.36. The first-order chi connectivity index (χ1) is 10.2. The van der Waals surface area contributed by atoms with E-state index in [0.717, 1.165) is 11.6 Å². The molecule has 0 bridgehead atoms. The highest BCUT2D eigenvalue weighted by Gasteiger charge is 2.09. The zero-order valence-electron chi connectivity index (χ0n) is 12.2. The molecule has 2 aromatic heterocycles. The Morgan fingerprint density at radius 2 is 1.90 bits per heavy atom. The van der Waals surface area contributed by atoms with Crippen LogP contribution in [0.1, 0.15) is 27.7 Å². The van der Waals surface area contributed by atoms with Crippen LogP contribution in [0.3, 0.4) is 0 Å². The number of aromatic nitrogens is 1.